The monoisotopic (exact) mass is 321 g/mol. The third kappa shape index (κ3) is 4.11. The molecule has 23 heavy (non-hydrogen) atoms. The van der Waals surface area contributed by atoms with E-state index < -0.39 is 11.6 Å². The van der Waals surface area contributed by atoms with Crippen LogP contribution >= 0.6 is 0 Å². The molecule has 1 aromatic carbocycles. The lowest BCUT2D eigenvalue weighted by atomic mass is 10.1. The molecule has 0 spiro atoms. The third-order valence-corrected chi connectivity index (χ3v) is 4.32. The first-order chi connectivity index (χ1) is 11.1. The van der Waals surface area contributed by atoms with Gasteiger partial charge in [0.1, 0.15) is 11.6 Å². The fourth-order valence-electron chi connectivity index (χ4n) is 2.97. The number of hydrogen-bond donors (Lipinski definition) is 0. The highest BCUT2D eigenvalue weighted by atomic mass is 19.1. The molecule has 1 unspecified atom stereocenters. The summed E-state index contributed by atoms with van der Waals surface area (Å²) in [5.74, 6) is -0.999. The Morgan fingerprint density at radius 3 is 2.61 bits per heavy atom. The van der Waals surface area contributed by atoms with Crippen molar-refractivity contribution in [2.24, 2.45) is 0 Å². The summed E-state index contributed by atoms with van der Waals surface area (Å²) in [4.78, 5) is 6.29. The number of halogens is 2. The van der Waals surface area contributed by atoms with Crippen LogP contribution in [0.3, 0.4) is 0 Å². The van der Waals surface area contributed by atoms with Gasteiger partial charge in [0.15, 0.2) is 0 Å². The Hall–Kier alpha value is -1.86. The first kappa shape index (κ1) is 16.0. The number of hydrogen-bond acceptors (Lipinski definition) is 4. The topological polar surface area (TPSA) is 37.2 Å². The molecule has 124 valence electrons. The molecule has 1 atom stereocenters. The summed E-state index contributed by atoms with van der Waals surface area (Å²) in [5.41, 5.74) is 0.549. The second-order valence-electron chi connectivity index (χ2n) is 5.98. The van der Waals surface area contributed by atoms with Gasteiger partial charge in [0.2, 0.25) is 0 Å². The van der Waals surface area contributed by atoms with Crippen LogP contribution in [0.5, 0.6) is 0 Å². The van der Waals surface area contributed by atoms with Crippen LogP contribution < -0.4 is 0 Å². The summed E-state index contributed by atoms with van der Waals surface area (Å²) in [6, 6.07) is 4.12. The Morgan fingerprint density at radius 2 is 1.91 bits per heavy atom. The van der Waals surface area contributed by atoms with E-state index in [9.17, 15) is 8.78 Å². The van der Waals surface area contributed by atoms with E-state index in [2.05, 4.69) is 26.9 Å². The van der Waals surface area contributed by atoms with E-state index in [-0.39, 0.29) is 0 Å². The molecule has 0 N–H and O–H groups in total. The van der Waals surface area contributed by atoms with Crippen LogP contribution in [-0.2, 0) is 13.1 Å². The van der Waals surface area contributed by atoms with Gasteiger partial charge in [-0.2, -0.15) is 15.0 Å². The van der Waals surface area contributed by atoms with Crippen molar-refractivity contribution in [1.29, 1.82) is 0 Å². The summed E-state index contributed by atoms with van der Waals surface area (Å²) < 4.78 is 26.8. The predicted molar refractivity (Wildman–Crippen MR) is 82.7 cm³/mol. The lowest BCUT2D eigenvalue weighted by molar-refractivity contribution is 0.0733. The maximum absolute atomic E-state index is 13.8. The van der Waals surface area contributed by atoms with Gasteiger partial charge in [-0.3, -0.25) is 9.80 Å². The van der Waals surface area contributed by atoms with Crippen LogP contribution in [0.4, 0.5) is 8.78 Å². The molecule has 1 aromatic heterocycles. The van der Waals surface area contributed by atoms with Gasteiger partial charge in [-0.15, -0.1) is 0 Å². The predicted octanol–water partition coefficient (Wildman–Crippen LogP) is 1.76. The second-order valence-corrected chi connectivity index (χ2v) is 5.98. The number of rotatable bonds is 5. The third-order valence-electron chi connectivity index (χ3n) is 4.32. The quantitative estimate of drug-likeness (QED) is 0.841. The average molecular weight is 321 g/mol. The average Bonchev–Trinajstić information content (AvgIpc) is 3.03. The zero-order valence-electron chi connectivity index (χ0n) is 13.2. The molecule has 0 saturated carbocycles. The Kier molecular flexibility index (Phi) is 4.97. The molecule has 2 aromatic rings. The van der Waals surface area contributed by atoms with Gasteiger partial charge in [-0.25, -0.2) is 8.78 Å². The van der Waals surface area contributed by atoms with Crippen molar-refractivity contribution in [3.8, 4) is 0 Å². The fourth-order valence-corrected chi connectivity index (χ4v) is 2.97. The first-order valence-corrected chi connectivity index (χ1v) is 7.86. The van der Waals surface area contributed by atoms with Crippen LogP contribution in [0.1, 0.15) is 12.5 Å². The number of aromatic nitrogens is 3. The molecule has 0 amide bonds. The molecule has 2 heterocycles. The van der Waals surface area contributed by atoms with Crippen LogP contribution in [0, 0.1) is 11.6 Å². The highest BCUT2D eigenvalue weighted by molar-refractivity contribution is 5.18. The summed E-state index contributed by atoms with van der Waals surface area (Å²) >= 11 is 0. The fraction of sp³-hybridized carbons (Fsp3) is 0.500. The van der Waals surface area contributed by atoms with Gasteiger partial charge in [0.05, 0.1) is 18.9 Å². The van der Waals surface area contributed by atoms with E-state index in [1.54, 1.807) is 17.2 Å². The Bertz CT molecular complexity index is 631. The molecular formula is C16H21F2N5. The van der Waals surface area contributed by atoms with Crippen LogP contribution in [0.2, 0.25) is 0 Å². The summed E-state index contributed by atoms with van der Waals surface area (Å²) in [5, 5.41) is 8.21. The smallest absolute Gasteiger partial charge is 0.130 e. The molecule has 3 rings (SSSR count). The normalized spacial score (nSPS) is 20.0. The van der Waals surface area contributed by atoms with Crippen molar-refractivity contribution in [2.45, 2.75) is 26.1 Å². The molecule has 0 aliphatic carbocycles. The second kappa shape index (κ2) is 7.14. The van der Waals surface area contributed by atoms with Crippen molar-refractivity contribution < 1.29 is 8.78 Å². The molecule has 1 fully saturated rings. The van der Waals surface area contributed by atoms with Crippen molar-refractivity contribution >= 4 is 0 Å². The molecular weight excluding hydrogens is 300 g/mol. The zero-order valence-corrected chi connectivity index (χ0v) is 13.2. The number of benzene rings is 1. The lowest BCUT2D eigenvalue weighted by Gasteiger charge is -2.39. The minimum atomic E-state index is -0.531. The summed E-state index contributed by atoms with van der Waals surface area (Å²) in [6.07, 6.45) is 3.36. The van der Waals surface area contributed by atoms with Gasteiger partial charge in [-0.1, -0.05) is 6.07 Å². The molecule has 1 saturated heterocycles. The van der Waals surface area contributed by atoms with Crippen LogP contribution in [0.15, 0.2) is 30.6 Å². The molecule has 0 bridgehead atoms. The number of piperazine rings is 1. The molecule has 7 heteroatoms. The van der Waals surface area contributed by atoms with Gasteiger partial charge in [0.25, 0.3) is 0 Å². The molecule has 5 nitrogen and oxygen atoms in total. The minimum Gasteiger partial charge on any atom is -0.299 e. The summed E-state index contributed by atoms with van der Waals surface area (Å²) in [7, 11) is 0. The van der Waals surface area contributed by atoms with Crippen molar-refractivity contribution in [3.05, 3.63) is 47.8 Å². The Morgan fingerprint density at radius 1 is 1.13 bits per heavy atom. The van der Waals surface area contributed by atoms with Crippen molar-refractivity contribution in [1.82, 2.24) is 24.8 Å². The SMILES string of the molecule is CC1CN(CCn2nccn2)CCN1Cc1ccc(F)cc1F. The molecule has 0 radical (unpaired) electrons. The largest absolute Gasteiger partial charge is 0.299 e. The van der Waals surface area contributed by atoms with E-state index in [0.29, 0.717) is 18.2 Å². The Labute approximate surface area is 134 Å². The van der Waals surface area contributed by atoms with Crippen molar-refractivity contribution in [2.75, 3.05) is 26.2 Å². The van der Waals surface area contributed by atoms with Gasteiger partial charge in [-0.05, 0) is 13.0 Å². The molecule has 1 aliphatic heterocycles. The first-order valence-electron chi connectivity index (χ1n) is 7.86. The van der Waals surface area contributed by atoms with Crippen LogP contribution in [0.25, 0.3) is 0 Å². The van der Waals surface area contributed by atoms with Gasteiger partial charge >= 0.3 is 0 Å². The minimum absolute atomic E-state index is 0.318. The highest BCUT2D eigenvalue weighted by Crippen LogP contribution is 2.17. The standard InChI is InChI=1S/C16H21F2N5/c1-13-11-21(7-9-23-19-4-5-20-23)6-8-22(13)12-14-2-3-15(17)10-16(14)18/h2-5,10,13H,6-9,11-12H2,1H3. The summed E-state index contributed by atoms with van der Waals surface area (Å²) in [6.45, 7) is 7.04. The Balaban J connectivity index is 1.52. The van der Waals surface area contributed by atoms with E-state index in [4.69, 9.17) is 0 Å². The van der Waals surface area contributed by atoms with Gasteiger partial charge in [0, 0.05) is 50.4 Å². The van der Waals surface area contributed by atoms with E-state index in [1.807, 2.05) is 0 Å². The number of nitrogens with zero attached hydrogens (tertiary/aromatic N) is 5. The maximum atomic E-state index is 13.8. The van der Waals surface area contributed by atoms with E-state index in [0.717, 1.165) is 38.8 Å². The van der Waals surface area contributed by atoms with Crippen molar-refractivity contribution in [3.63, 3.8) is 0 Å². The lowest BCUT2D eigenvalue weighted by Crippen LogP contribution is -2.52. The van der Waals surface area contributed by atoms with E-state index in [1.165, 1.54) is 12.1 Å². The van der Waals surface area contributed by atoms with Crippen LogP contribution in [-0.4, -0.2) is 57.0 Å². The zero-order chi connectivity index (χ0) is 16.2. The maximum Gasteiger partial charge on any atom is 0.130 e. The van der Waals surface area contributed by atoms with E-state index >= 15 is 0 Å². The van der Waals surface area contributed by atoms with Gasteiger partial charge < -0.3 is 0 Å². The molecule has 1 aliphatic rings. The highest BCUT2D eigenvalue weighted by Gasteiger charge is 2.24.